The van der Waals surface area contributed by atoms with Crippen LogP contribution in [-0.4, -0.2) is 26.9 Å². The Morgan fingerprint density at radius 2 is 1.52 bits per heavy atom. The van der Waals surface area contributed by atoms with Gasteiger partial charge in [0.05, 0.1) is 5.69 Å². The molecule has 1 aromatic heterocycles. The monoisotopic (exact) mass is 412 g/mol. The summed E-state index contributed by atoms with van der Waals surface area (Å²) in [6.45, 7) is 0.546. The zero-order valence-corrected chi connectivity index (χ0v) is 17.8. The van der Waals surface area contributed by atoms with Gasteiger partial charge in [-0.3, -0.25) is 4.79 Å². The third-order valence-electron chi connectivity index (χ3n) is 5.29. The smallest absolute Gasteiger partial charge is 0.349 e. The Hall–Kier alpha value is -3.86. The van der Waals surface area contributed by atoms with Crippen molar-refractivity contribution in [1.29, 1.82) is 0 Å². The van der Waals surface area contributed by atoms with E-state index < -0.39 is 5.63 Å². The first-order valence-electron chi connectivity index (χ1n) is 10.1. The van der Waals surface area contributed by atoms with Gasteiger partial charge in [-0.25, -0.2) is 4.79 Å². The van der Waals surface area contributed by atoms with Crippen molar-refractivity contribution in [3.05, 3.63) is 106 Å². The minimum Gasteiger partial charge on any atom is -0.422 e. The molecule has 5 nitrogen and oxygen atoms in total. The number of carbonyl (C=O) groups is 1. The average molecular weight is 412 g/mol. The minimum atomic E-state index is -0.632. The van der Waals surface area contributed by atoms with Crippen LogP contribution in [0.4, 0.5) is 11.4 Å². The Bertz CT molecular complexity index is 1280. The van der Waals surface area contributed by atoms with Gasteiger partial charge in [-0.05, 0) is 17.7 Å². The number of rotatable bonds is 6. The summed E-state index contributed by atoms with van der Waals surface area (Å²) in [5, 5.41) is 0.725. The number of carbonyl (C=O) groups excluding carboxylic acids is 1. The molecule has 0 spiro atoms. The lowest BCUT2D eigenvalue weighted by Crippen LogP contribution is -2.25. The molecule has 0 amide bonds. The van der Waals surface area contributed by atoms with Crippen molar-refractivity contribution in [2.24, 2.45) is 0 Å². The summed E-state index contributed by atoms with van der Waals surface area (Å²) in [6.07, 6.45) is 0. The SMILES string of the molecule is CN(C)c1ccc2c(N(C)Cc3ccccc3)c(C(=O)c3ccccc3)c(=O)oc2c1. The number of ketones is 1. The van der Waals surface area contributed by atoms with Gasteiger partial charge < -0.3 is 14.2 Å². The van der Waals surface area contributed by atoms with E-state index in [-0.39, 0.29) is 11.3 Å². The van der Waals surface area contributed by atoms with E-state index in [0.717, 1.165) is 16.6 Å². The molecule has 0 saturated heterocycles. The second-order valence-electron chi connectivity index (χ2n) is 7.72. The van der Waals surface area contributed by atoms with Crippen molar-refractivity contribution >= 4 is 28.1 Å². The molecule has 31 heavy (non-hydrogen) atoms. The third-order valence-corrected chi connectivity index (χ3v) is 5.29. The second kappa shape index (κ2) is 8.48. The molecule has 0 aliphatic rings. The molecule has 5 heteroatoms. The predicted octanol–water partition coefficient (Wildman–Crippen LogP) is 4.73. The predicted molar refractivity (Wildman–Crippen MR) is 125 cm³/mol. The van der Waals surface area contributed by atoms with E-state index in [4.69, 9.17) is 4.42 Å². The van der Waals surface area contributed by atoms with Gasteiger partial charge in [0.25, 0.3) is 0 Å². The normalized spacial score (nSPS) is 10.8. The molecule has 0 fully saturated rings. The van der Waals surface area contributed by atoms with Crippen LogP contribution in [0, 0.1) is 0 Å². The van der Waals surface area contributed by atoms with Crippen LogP contribution in [0.15, 0.2) is 88.1 Å². The van der Waals surface area contributed by atoms with Crippen LogP contribution in [-0.2, 0) is 6.54 Å². The highest BCUT2D eigenvalue weighted by Gasteiger charge is 2.25. The van der Waals surface area contributed by atoms with Gasteiger partial charge in [0.2, 0.25) is 5.78 Å². The fourth-order valence-corrected chi connectivity index (χ4v) is 3.72. The van der Waals surface area contributed by atoms with Gasteiger partial charge in [-0.1, -0.05) is 60.7 Å². The van der Waals surface area contributed by atoms with Gasteiger partial charge in [-0.2, -0.15) is 0 Å². The zero-order valence-electron chi connectivity index (χ0n) is 17.8. The van der Waals surface area contributed by atoms with Crippen molar-refractivity contribution < 1.29 is 9.21 Å². The molecule has 4 rings (SSSR count). The molecule has 0 atom stereocenters. The first kappa shape index (κ1) is 20.4. The highest BCUT2D eigenvalue weighted by atomic mass is 16.4. The zero-order chi connectivity index (χ0) is 22.0. The Kier molecular flexibility index (Phi) is 5.58. The van der Waals surface area contributed by atoms with Crippen molar-refractivity contribution in [3.63, 3.8) is 0 Å². The maximum atomic E-state index is 13.4. The van der Waals surface area contributed by atoms with Crippen LogP contribution >= 0.6 is 0 Å². The summed E-state index contributed by atoms with van der Waals surface area (Å²) in [6, 6.07) is 24.5. The highest BCUT2D eigenvalue weighted by molar-refractivity contribution is 6.15. The van der Waals surface area contributed by atoms with Crippen molar-refractivity contribution in [3.8, 4) is 0 Å². The maximum absolute atomic E-state index is 13.4. The van der Waals surface area contributed by atoms with Crippen LogP contribution in [0.1, 0.15) is 21.5 Å². The Labute approximate surface area is 181 Å². The van der Waals surface area contributed by atoms with E-state index in [1.54, 1.807) is 24.3 Å². The minimum absolute atomic E-state index is 0.0507. The lowest BCUT2D eigenvalue weighted by atomic mass is 10.00. The van der Waals surface area contributed by atoms with Gasteiger partial charge >= 0.3 is 5.63 Å². The first-order chi connectivity index (χ1) is 15.0. The summed E-state index contributed by atoms with van der Waals surface area (Å²) in [7, 11) is 5.74. The molecule has 4 aromatic rings. The molecular weight excluding hydrogens is 388 g/mol. The van der Waals surface area contributed by atoms with Crippen LogP contribution in [0.5, 0.6) is 0 Å². The summed E-state index contributed by atoms with van der Waals surface area (Å²) in [4.78, 5) is 30.3. The van der Waals surface area contributed by atoms with Gasteiger partial charge in [0.1, 0.15) is 11.1 Å². The topological polar surface area (TPSA) is 53.8 Å². The van der Waals surface area contributed by atoms with Crippen molar-refractivity contribution in [2.45, 2.75) is 6.54 Å². The number of nitrogens with zero attached hydrogens (tertiary/aromatic N) is 2. The van der Waals surface area contributed by atoms with E-state index in [1.807, 2.05) is 85.5 Å². The summed E-state index contributed by atoms with van der Waals surface area (Å²) in [5.41, 5.74) is 2.89. The fourth-order valence-electron chi connectivity index (χ4n) is 3.72. The standard InChI is InChI=1S/C26H24N2O3/c1-27(2)20-14-15-21-22(16-20)31-26(30)23(25(29)19-12-8-5-9-13-19)24(21)28(3)17-18-10-6-4-7-11-18/h4-16H,17H2,1-3H3. The van der Waals surface area contributed by atoms with E-state index in [1.165, 1.54) is 0 Å². The third kappa shape index (κ3) is 4.08. The maximum Gasteiger partial charge on any atom is 0.349 e. The quantitative estimate of drug-likeness (QED) is 0.339. The fraction of sp³-hybridized carbons (Fsp3) is 0.154. The van der Waals surface area contributed by atoms with Gasteiger partial charge in [-0.15, -0.1) is 0 Å². The Balaban J connectivity index is 1.94. The number of hydrogen-bond donors (Lipinski definition) is 0. The molecule has 3 aromatic carbocycles. The summed E-state index contributed by atoms with van der Waals surface area (Å²) >= 11 is 0. The Morgan fingerprint density at radius 1 is 0.871 bits per heavy atom. The van der Waals surface area contributed by atoms with Crippen LogP contribution in [0.3, 0.4) is 0 Å². The highest BCUT2D eigenvalue weighted by Crippen LogP contribution is 2.32. The molecule has 0 aliphatic heterocycles. The van der Waals surface area contributed by atoms with Gasteiger partial charge in [0.15, 0.2) is 0 Å². The molecule has 0 aliphatic carbocycles. The number of benzene rings is 3. The summed E-state index contributed by atoms with van der Waals surface area (Å²) < 4.78 is 5.64. The summed E-state index contributed by atoms with van der Waals surface area (Å²) in [5.74, 6) is -0.345. The molecular formula is C26H24N2O3. The number of anilines is 2. The van der Waals surface area contributed by atoms with Crippen molar-refractivity contribution in [1.82, 2.24) is 0 Å². The van der Waals surface area contributed by atoms with E-state index >= 15 is 0 Å². The van der Waals surface area contributed by atoms with E-state index in [9.17, 15) is 9.59 Å². The number of hydrogen-bond acceptors (Lipinski definition) is 5. The first-order valence-corrected chi connectivity index (χ1v) is 10.1. The van der Waals surface area contributed by atoms with E-state index in [0.29, 0.717) is 23.4 Å². The molecule has 0 unspecified atom stereocenters. The molecule has 0 radical (unpaired) electrons. The van der Waals surface area contributed by atoms with Gasteiger partial charge in [0, 0.05) is 50.4 Å². The lowest BCUT2D eigenvalue weighted by Gasteiger charge is -2.24. The molecule has 156 valence electrons. The average Bonchev–Trinajstić information content (AvgIpc) is 2.78. The van der Waals surface area contributed by atoms with Crippen LogP contribution in [0.2, 0.25) is 0 Å². The second-order valence-corrected chi connectivity index (χ2v) is 7.72. The molecule has 0 bridgehead atoms. The van der Waals surface area contributed by atoms with Crippen molar-refractivity contribution in [2.75, 3.05) is 30.9 Å². The van der Waals surface area contributed by atoms with Crippen LogP contribution in [0.25, 0.3) is 11.0 Å². The Morgan fingerprint density at radius 3 is 2.16 bits per heavy atom. The lowest BCUT2D eigenvalue weighted by molar-refractivity contribution is 0.103. The van der Waals surface area contributed by atoms with E-state index in [2.05, 4.69) is 0 Å². The molecule has 1 heterocycles. The van der Waals surface area contributed by atoms with Crippen LogP contribution < -0.4 is 15.4 Å². The molecule has 0 saturated carbocycles. The largest absolute Gasteiger partial charge is 0.422 e. The molecule has 0 N–H and O–H groups in total. The number of fused-ring (bicyclic) bond motifs is 1.